The van der Waals surface area contributed by atoms with E-state index in [-0.39, 0.29) is 30.4 Å². The molecule has 2 heterocycles. The number of aryl methyl sites for hydroxylation is 1. The lowest BCUT2D eigenvalue weighted by atomic mass is 9.75. The molecule has 0 aliphatic heterocycles. The third-order valence-corrected chi connectivity index (χ3v) is 4.34. The van der Waals surface area contributed by atoms with Crippen molar-refractivity contribution in [2.24, 2.45) is 5.92 Å². The predicted octanol–water partition coefficient (Wildman–Crippen LogP) is 0.953. The van der Waals surface area contributed by atoms with Crippen molar-refractivity contribution in [2.75, 3.05) is 7.11 Å². The summed E-state index contributed by atoms with van der Waals surface area (Å²) in [6.45, 7) is 1.74. The molecule has 1 fully saturated rings. The highest BCUT2D eigenvalue weighted by atomic mass is 16.6. The molecular formula is C16H20N4O4. The number of nitrogens with zero attached hydrogens (tertiary/aromatic N) is 3. The van der Waals surface area contributed by atoms with Gasteiger partial charge in [-0.05, 0) is 37.3 Å². The van der Waals surface area contributed by atoms with Gasteiger partial charge in [0.15, 0.2) is 0 Å². The van der Waals surface area contributed by atoms with E-state index in [4.69, 9.17) is 4.74 Å². The molecular weight excluding hydrogens is 312 g/mol. The van der Waals surface area contributed by atoms with Crippen LogP contribution in [0.25, 0.3) is 0 Å². The fraction of sp³-hybridized carbons (Fsp3) is 0.500. The molecule has 0 saturated heterocycles. The van der Waals surface area contributed by atoms with Gasteiger partial charge in [0.2, 0.25) is 5.91 Å². The Hall–Kier alpha value is -2.48. The lowest BCUT2D eigenvalue weighted by Gasteiger charge is -2.38. The monoisotopic (exact) mass is 332 g/mol. The van der Waals surface area contributed by atoms with Gasteiger partial charge in [-0.15, -0.1) is 0 Å². The Morgan fingerprint density at radius 3 is 2.88 bits per heavy atom. The molecule has 1 saturated carbocycles. The molecule has 128 valence electrons. The smallest absolute Gasteiger partial charge is 0.226 e. The zero-order valence-corrected chi connectivity index (χ0v) is 13.6. The first-order chi connectivity index (χ1) is 11.6. The van der Waals surface area contributed by atoms with Gasteiger partial charge in [0, 0.05) is 6.20 Å². The third kappa shape index (κ3) is 3.53. The number of carbonyl (C=O) groups excluding carboxylic acids is 1. The van der Waals surface area contributed by atoms with Crippen LogP contribution in [0.2, 0.25) is 0 Å². The van der Waals surface area contributed by atoms with Crippen LogP contribution in [0, 0.1) is 12.8 Å². The number of methoxy groups -OCH3 is 1. The third-order valence-electron chi connectivity index (χ3n) is 4.34. The number of pyridine rings is 1. The minimum atomic E-state index is -0.310. The summed E-state index contributed by atoms with van der Waals surface area (Å²) in [5.74, 6) is 0.612. The van der Waals surface area contributed by atoms with Crippen LogP contribution >= 0.6 is 0 Å². The summed E-state index contributed by atoms with van der Waals surface area (Å²) in [6.07, 6.45) is 4.40. The summed E-state index contributed by atoms with van der Waals surface area (Å²) >= 11 is 0. The molecule has 1 aliphatic carbocycles. The fourth-order valence-corrected chi connectivity index (χ4v) is 2.88. The number of carbonyl (C=O) groups is 1. The van der Waals surface area contributed by atoms with Crippen LogP contribution in [0.4, 0.5) is 0 Å². The van der Waals surface area contributed by atoms with Crippen molar-refractivity contribution in [2.45, 2.75) is 38.3 Å². The summed E-state index contributed by atoms with van der Waals surface area (Å²) in [7, 11) is 1.57. The lowest BCUT2D eigenvalue weighted by Crippen LogP contribution is -2.42. The first kappa shape index (κ1) is 16.4. The number of rotatable bonds is 6. The molecule has 1 unspecified atom stereocenters. The first-order valence-electron chi connectivity index (χ1n) is 7.81. The average molecular weight is 332 g/mol. The molecule has 24 heavy (non-hydrogen) atoms. The van der Waals surface area contributed by atoms with Gasteiger partial charge in [-0.25, -0.2) is 4.63 Å². The molecule has 0 radical (unpaired) electrons. The van der Waals surface area contributed by atoms with Crippen LogP contribution in [-0.2, 0) is 11.2 Å². The highest BCUT2D eigenvalue weighted by Gasteiger charge is 2.36. The standard InChI is InChI=1S/C16H20N4O4/c1-9-14(20-24-19-9)6-15(22)18-16(10-3-12(21)4-10)11-5-13(23-2)8-17-7-11/h5,7-8,10,12,16,21H,3-4,6H2,1-2H3,(H,18,22). The Balaban J connectivity index is 1.75. The summed E-state index contributed by atoms with van der Waals surface area (Å²) in [6, 6.07) is 1.62. The van der Waals surface area contributed by atoms with E-state index in [2.05, 4.69) is 25.2 Å². The second kappa shape index (κ2) is 6.96. The van der Waals surface area contributed by atoms with E-state index >= 15 is 0 Å². The van der Waals surface area contributed by atoms with Crippen molar-refractivity contribution in [3.8, 4) is 5.75 Å². The molecule has 2 aromatic heterocycles. The van der Waals surface area contributed by atoms with Crippen LogP contribution in [-0.4, -0.2) is 39.5 Å². The van der Waals surface area contributed by atoms with Gasteiger partial charge in [0.1, 0.15) is 17.1 Å². The first-order valence-corrected chi connectivity index (χ1v) is 7.81. The Kier molecular flexibility index (Phi) is 4.75. The minimum Gasteiger partial charge on any atom is -0.495 e. The number of hydrogen-bond acceptors (Lipinski definition) is 7. The molecule has 2 aromatic rings. The second-order valence-corrected chi connectivity index (χ2v) is 6.06. The molecule has 1 atom stereocenters. The number of aliphatic hydroxyl groups excluding tert-OH is 1. The number of aliphatic hydroxyl groups is 1. The van der Waals surface area contributed by atoms with Crippen LogP contribution in [0.1, 0.15) is 35.8 Å². The van der Waals surface area contributed by atoms with E-state index in [9.17, 15) is 9.90 Å². The van der Waals surface area contributed by atoms with Crippen LogP contribution in [0.5, 0.6) is 5.75 Å². The topological polar surface area (TPSA) is 110 Å². The minimum absolute atomic E-state index is 0.0957. The van der Waals surface area contributed by atoms with Crippen molar-refractivity contribution >= 4 is 5.91 Å². The molecule has 0 aromatic carbocycles. The van der Waals surface area contributed by atoms with Crippen LogP contribution < -0.4 is 10.1 Å². The van der Waals surface area contributed by atoms with Crippen LogP contribution in [0.15, 0.2) is 23.1 Å². The number of ether oxygens (including phenoxy) is 1. The van der Waals surface area contributed by atoms with Gasteiger partial charge < -0.3 is 15.2 Å². The summed E-state index contributed by atoms with van der Waals surface area (Å²) < 4.78 is 9.83. The maximum Gasteiger partial charge on any atom is 0.226 e. The van der Waals surface area contributed by atoms with Gasteiger partial charge in [-0.2, -0.15) is 0 Å². The maximum absolute atomic E-state index is 12.4. The molecule has 0 spiro atoms. The molecule has 1 aliphatic rings. The highest BCUT2D eigenvalue weighted by Crippen LogP contribution is 2.38. The van der Waals surface area contributed by atoms with Gasteiger partial charge in [0.05, 0.1) is 31.9 Å². The number of hydrogen-bond donors (Lipinski definition) is 2. The molecule has 3 rings (SSSR count). The van der Waals surface area contributed by atoms with E-state index in [1.807, 2.05) is 6.07 Å². The quantitative estimate of drug-likeness (QED) is 0.810. The van der Waals surface area contributed by atoms with Gasteiger partial charge in [0.25, 0.3) is 0 Å². The van der Waals surface area contributed by atoms with Crippen molar-refractivity contribution < 1.29 is 19.3 Å². The zero-order valence-electron chi connectivity index (χ0n) is 13.6. The summed E-state index contributed by atoms with van der Waals surface area (Å²) in [5, 5.41) is 20.0. The Labute approximate surface area is 139 Å². The Bertz CT molecular complexity index is 712. The molecule has 0 bridgehead atoms. The van der Waals surface area contributed by atoms with Gasteiger partial charge in [-0.1, -0.05) is 10.3 Å². The summed E-state index contributed by atoms with van der Waals surface area (Å²) in [4.78, 5) is 16.5. The molecule has 8 heteroatoms. The summed E-state index contributed by atoms with van der Waals surface area (Å²) in [5.41, 5.74) is 1.97. The van der Waals surface area contributed by atoms with Crippen molar-refractivity contribution in [3.63, 3.8) is 0 Å². The lowest BCUT2D eigenvalue weighted by molar-refractivity contribution is -0.122. The Morgan fingerprint density at radius 2 is 2.25 bits per heavy atom. The fourth-order valence-electron chi connectivity index (χ4n) is 2.88. The van der Waals surface area contributed by atoms with Crippen molar-refractivity contribution in [1.82, 2.24) is 20.6 Å². The predicted molar refractivity (Wildman–Crippen MR) is 83.1 cm³/mol. The van der Waals surface area contributed by atoms with Crippen molar-refractivity contribution in [1.29, 1.82) is 0 Å². The van der Waals surface area contributed by atoms with Gasteiger partial charge in [-0.3, -0.25) is 9.78 Å². The molecule has 1 amide bonds. The van der Waals surface area contributed by atoms with Crippen LogP contribution in [0.3, 0.4) is 0 Å². The Morgan fingerprint density at radius 1 is 1.46 bits per heavy atom. The molecule has 8 nitrogen and oxygen atoms in total. The maximum atomic E-state index is 12.4. The number of nitrogens with one attached hydrogen (secondary N) is 1. The normalized spacial score (nSPS) is 21.0. The van der Waals surface area contributed by atoms with E-state index in [1.165, 1.54) is 0 Å². The van der Waals surface area contributed by atoms with E-state index < -0.39 is 0 Å². The number of aromatic nitrogens is 3. The van der Waals surface area contributed by atoms with Crippen molar-refractivity contribution in [3.05, 3.63) is 35.4 Å². The van der Waals surface area contributed by atoms with E-state index in [1.54, 1.807) is 26.4 Å². The van der Waals surface area contributed by atoms with Gasteiger partial charge >= 0.3 is 0 Å². The average Bonchev–Trinajstić information content (AvgIpc) is 2.95. The zero-order chi connectivity index (χ0) is 17.1. The van der Waals surface area contributed by atoms with E-state index in [0.717, 1.165) is 5.56 Å². The highest BCUT2D eigenvalue weighted by molar-refractivity contribution is 5.78. The SMILES string of the molecule is COc1cncc(C(NC(=O)Cc2nonc2C)C2CC(O)C2)c1. The largest absolute Gasteiger partial charge is 0.495 e. The van der Waals surface area contributed by atoms with E-state index in [0.29, 0.717) is 30.0 Å². The molecule has 2 N–H and O–H groups in total. The second-order valence-electron chi connectivity index (χ2n) is 6.06. The number of amides is 1.